The second-order valence-corrected chi connectivity index (χ2v) is 7.89. The quantitative estimate of drug-likeness (QED) is 0.659. The fourth-order valence-corrected chi connectivity index (χ4v) is 4.38. The van der Waals surface area contributed by atoms with Crippen LogP contribution in [0.3, 0.4) is 0 Å². The zero-order valence-electron chi connectivity index (χ0n) is 9.20. The van der Waals surface area contributed by atoms with E-state index >= 15 is 0 Å². The van der Waals surface area contributed by atoms with Gasteiger partial charge in [-0.25, -0.2) is 8.42 Å². The van der Waals surface area contributed by atoms with Crippen molar-refractivity contribution in [3.8, 4) is 0 Å². The van der Waals surface area contributed by atoms with Crippen LogP contribution in [0.5, 0.6) is 0 Å². The van der Waals surface area contributed by atoms with E-state index in [0.717, 1.165) is 6.29 Å². The molecule has 0 aromatic carbocycles. The molecular formula is C10H18O3S. The molecule has 1 atom stereocenters. The van der Waals surface area contributed by atoms with Gasteiger partial charge >= 0.3 is 0 Å². The second kappa shape index (κ2) is 3.05. The second-order valence-electron chi connectivity index (χ2n) is 5.20. The van der Waals surface area contributed by atoms with Gasteiger partial charge in [-0.15, -0.1) is 0 Å². The Labute approximate surface area is 85.8 Å². The summed E-state index contributed by atoms with van der Waals surface area (Å²) < 4.78 is 22.7. The molecule has 1 heterocycles. The molecular weight excluding hydrogens is 200 g/mol. The highest BCUT2D eigenvalue weighted by atomic mass is 32.2. The number of rotatable bonds is 2. The van der Waals surface area contributed by atoms with Crippen LogP contribution in [0.2, 0.25) is 0 Å². The summed E-state index contributed by atoms with van der Waals surface area (Å²) in [7, 11) is -3.03. The number of hydrogen-bond donors (Lipinski definition) is 0. The van der Waals surface area contributed by atoms with Gasteiger partial charge in [0.1, 0.15) is 6.29 Å². The Kier molecular flexibility index (Phi) is 2.55. The lowest BCUT2D eigenvalue weighted by Crippen LogP contribution is -2.41. The third-order valence-corrected chi connectivity index (χ3v) is 6.18. The van der Waals surface area contributed by atoms with E-state index in [-0.39, 0.29) is 11.7 Å². The monoisotopic (exact) mass is 218 g/mol. The van der Waals surface area contributed by atoms with Crippen LogP contribution in [0.1, 0.15) is 34.1 Å². The van der Waals surface area contributed by atoms with Gasteiger partial charge < -0.3 is 4.79 Å². The molecule has 3 nitrogen and oxygen atoms in total. The highest BCUT2D eigenvalue weighted by Crippen LogP contribution is 2.46. The molecule has 0 radical (unpaired) electrons. The highest BCUT2D eigenvalue weighted by Gasteiger charge is 2.53. The van der Waals surface area contributed by atoms with E-state index in [4.69, 9.17) is 0 Å². The summed E-state index contributed by atoms with van der Waals surface area (Å²) in [6.07, 6.45) is 1.47. The summed E-state index contributed by atoms with van der Waals surface area (Å²) in [6.45, 7) is 7.08. The molecule has 1 aliphatic heterocycles. The van der Waals surface area contributed by atoms with Crippen molar-refractivity contribution in [3.63, 3.8) is 0 Å². The molecule has 14 heavy (non-hydrogen) atoms. The molecule has 0 N–H and O–H groups in total. The summed E-state index contributed by atoms with van der Waals surface area (Å²) in [6, 6.07) is 0. The molecule has 1 saturated heterocycles. The van der Waals surface area contributed by atoms with Crippen molar-refractivity contribution < 1.29 is 13.2 Å². The maximum atomic E-state index is 11.7. The first-order valence-corrected chi connectivity index (χ1v) is 6.49. The van der Waals surface area contributed by atoms with Gasteiger partial charge in [0.15, 0.2) is 9.84 Å². The normalized spacial score (nSPS) is 30.1. The van der Waals surface area contributed by atoms with Gasteiger partial charge in [-0.2, -0.15) is 0 Å². The minimum absolute atomic E-state index is 0.0718. The predicted octanol–water partition coefficient (Wildman–Crippen LogP) is 1.42. The molecule has 1 aliphatic rings. The molecule has 1 fully saturated rings. The average Bonchev–Trinajstić information content (AvgIpc) is 2.23. The topological polar surface area (TPSA) is 51.2 Å². The first-order valence-electron chi connectivity index (χ1n) is 4.84. The maximum Gasteiger partial charge on any atom is 0.155 e. The van der Waals surface area contributed by atoms with Crippen LogP contribution in [-0.4, -0.2) is 25.2 Å². The molecule has 82 valence electrons. The van der Waals surface area contributed by atoms with Gasteiger partial charge in [0.25, 0.3) is 0 Å². The van der Waals surface area contributed by atoms with E-state index in [1.54, 1.807) is 13.8 Å². The molecule has 1 unspecified atom stereocenters. The minimum atomic E-state index is -3.03. The molecule has 0 aromatic heterocycles. The lowest BCUT2D eigenvalue weighted by atomic mass is 9.72. The predicted molar refractivity (Wildman–Crippen MR) is 55.8 cm³/mol. The molecule has 0 bridgehead atoms. The van der Waals surface area contributed by atoms with Gasteiger partial charge in [-0.05, 0) is 26.2 Å². The lowest BCUT2D eigenvalue weighted by molar-refractivity contribution is -0.117. The van der Waals surface area contributed by atoms with E-state index < -0.39 is 20.0 Å². The van der Waals surface area contributed by atoms with Crippen LogP contribution >= 0.6 is 0 Å². The maximum absolute atomic E-state index is 11.7. The van der Waals surface area contributed by atoms with Crippen molar-refractivity contribution in [2.75, 3.05) is 5.75 Å². The van der Waals surface area contributed by atoms with Gasteiger partial charge in [0, 0.05) is 5.41 Å². The Hall–Kier alpha value is -0.380. The fraction of sp³-hybridized carbons (Fsp3) is 0.900. The molecule has 0 amide bonds. The van der Waals surface area contributed by atoms with Gasteiger partial charge in [0.2, 0.25) is 0 Å². The summed E-state index contributed by atoms with van der Waals surface area (Å²) in [5.74, 6) is 0.138. The largest absolute Gasteiger partial charge is 0.303 e. The van der Waals surface area contributed by atoms with E-state index in [9.17, 15) is 13.2 Å². The zero-order chi connectivity index (χ0) is 11.2. The van der Waals surface area contributed by atoms with Crippen LogP contribution in [0, 0.1) is 11.3 Å². The van der Waals surface area contributed by atoms with Crippen LogP contribution in [-0.2, 0) is 14.6 Å². The summed E-state index contributed by atoms with van der Waals surface area (Å²) in [4.78, 5) is 10.9. The summed E-state index contributed by atoms with van der Waals surface area (Å²) >= 11 is 0. The van der Waals surface area contributed by atoms with Crippen molar-refractivity contribution in [1.29, 1.82) is 0 Å². The summed E-state index contributed by atoms with van der Waals surface area (Å²) in [5, 5.41) is 0. The molecule has 0 aromatic rings. The van der Waals surface area contributed by atoms with Crippen LogP contribution < -0.4 is 0 Å². The minimum Gasteiger partial charge on any atom is -0.303 e. The van der Waals surface area contributed by atoms with Crippen molar-refractivity contribution >= 4 is 16.1 Å². The van der Waals surface area contributed by atoms with E-state index in [1.165, 1.54) is 0 Å². The Bertz CT molecular complexity index is 338. The van der Waals surface area contributed by atoms with Crippen LogP contribution in [0.4, 0.5) is 0 Å². The third-order valence-electron chi connectivity index (χ3n) is 3.52. The number of carbonyl (C=O) groups is 1. The van der Waals surface area contributed by atoms with E-state index in [0.29, 0.717) is 6.42 Å². The molecule has 4 heteroatoms. The molecule has 1 rings (SSSR count). The SMILES string of the molecule is CC(C)(C=O)C1CCS(=O)(=O)C1(C)C. The van der Waals surface area contributed by atoms with Crippen molar-refractivity contribution in [3.05, 3.63) is 0 Å². The Morgan fingerprint density at radius 1 is 1.36 bits per heavy atom. The number of aldehydes is 1. The standard InChI is InChI=1S/C10H18O3S/c1-9(2,7-11)8-5-6-14(12,13)10(8,3)4/h7-8H,5-6H2,1-4H3. The zero-order valence-corrected chi connectivity index (χ0v) is 10.0. The first-order chi connectivity index (χ1) is 6.15. The van der Waals surface area contributed by atoms with Gasteiger partial charge in [-0.3, -0.25) is 0 Å². The fourth-order valence-electron chi connectivity index (χ4n) is 2.45. The number of sulfone groups is 1. The Morgan fingerprint density at radius 2 is 1.86 bits per heavy atom. The van der Waals surface area contributed by atoms with Crippen LogP contribution in [0.25, 0.3) is 0 Å². The Morgan fingerprint density at radius 3 is 2.14 bits per heavy atom. The first kappa shape index (κ1) is 11.7. The van der Waals surface area contributed by atoms with E-state index in [1.807, 2.05) is 13.8 Å². The lowest BCUT2D eigenvalue weighted by Gasteiger charge is -2.34. The number of hydrogen-bond acceptors (Lipinski definition) is 3. The third kappa shape index (κ3) is 1.49. The van der Waals surface area contributed by atoms with Crippen molar-refractivity contribution in [2.24, 2.45) is 11.3 Å². The van der Waals surface area contributed by atoms with Gasteiger partial charge in [-0.1, -0.05) is 13.8 Å². The average molecular weight is 218 g/mol. The smallest absolute Gasteiger partial charge is 0.155 e. The molecule has 0 spiro atoms. The molecule has 0 saturated carbocycles. The molecule has 0 aliphatic carbocycles. The van der Waals surface area contributed by atoms with Crippen molar-refractivity contribution in [2.45, 2.75) is 38.9 Å². The van der Waals surface area contributed by atoms with E-state index in [2.05, 4.69) is 0 Å². The highest BCUT2D eigenvalue weighted by molar-refractivity contribution is 7.93. The number of carbonyl (C=O) groups excluding carboxylic acids is 1. The summed E-state index contributed by atoms with van der Waals surface area (Å²) in [5.41, 5.74) is -0.549. The van der Waals surface area contributed by atoms with Crippen LogP contribution in [0.15, 0.2) is 0 Å². The van der Waals surface area contributed by atoms with Gasteiger partial charge in [0.05, 0.1) is 10.5 Å². The van der Waals surface area contributed by atoms with Crippen molar-refractivity contribution in [1.82, 2.24) is 0 Å². The Balaban J connectivity index is 3.14.